The Labute approximate surface area is 181 Å². The maximum absolute atomic E-state index is 14.4. The van der Waals surface area contributed by atoms with E-state index in [-0.39, 0.29) is 24.8 Å². The molecule has 2 amide bonds. The number of hydrogen-bond acceptors (Lipinski definition) is 3. The summed E-state index contributed by atoms with van der Waals surface area (Å²) in [7, 11) is 0. The number of aromatic nitrogens is 2. The van der Waals surface area contributed by atoms with E-state index in [0.29, 0.717) is 17.8 Å². The van der Waals surface area contributed by atoms with Gasteiger partial charge in [-0.25, -0.2) is 9.37 Å². The molecular formula is C22H20BrFN4O2. The van der Waals surface area contributed by atoms with Gasteiger partial charge in [-0.2, -0.15) is 0 Å². The second kappa shape index (κ2) is 8.39. The first-order chi connectivity index (χ1) is 14.4. The lowest BCUT2D eigenvalue weighted by Gasteiger charge is -2.18. The Balaban J connectivity index is 1.38. The summed E-state index contributed by atoms with van der Waals surface area (Å²) in [5.41, 5.74) is 2.85. The minimum absolute atomic E-state index is 0.0763. The molecule has 0 radical (unpaired) electrons. The van der Waals surface area contributed by atoms with E-state index in [1.807, 2.05) is 25.1 Å². The van der Waals surface area contributed by atoms with Gasteiger partial charge in [-0.1, -0.05) is 22.0 Å². The number of aryl methyl sites for hydroxylation is 1. The summed E-state index contributed by atoms with van der Waals surface area (Å²) in [4.78, 5) is 30.6. The van der Waals surface area contributed by atoms with Crippen LogP contribution in [0.5, 0.6) is 0 Å². The van der Waals surface area contributed by atoms with Crippen LogP contribution in [0.25, 0.3) is 5.69 Å². The highest BCUT2D eigenvalue weighted by Gasteiger charge is 2.35. The van der Waals surface area contributed by atoms with Gasteiger partial charge in [-0.15, -0.1) is 0 Å². The standard InChI is InChI=1S/C22H20BrFN4O2/c1-14-8-17(3-4-18(14)23)28-12-16(10-21(28)29)22(30)26-11-15-2-5-20(19(24)9-15)27-7-6-25-13-27/h2-9,13,16H,10-12H2,1H3,(H,26,30). The van der Waals surface area contributed by atoms with Gasteiger partial charge in [-0.3, -0.25) is 9.59 Å². The molecule has 1 N–H and O–H groups in total. The highest BCUT2D eigenvalue weighted by Crippen LogP contribution is 2.28. The van der Waals surface area contributed by atoms with E-state index in [9.17, 15) is 14.0 Å². The lowest BCUT2D eigenvalue weighted by molar-refractivity contribution is -0.126. The normalized spacial score (nSPS) is 16.2. The molecule has 3 aromatic rings. The molecule has 1 aliphatic heterocycles. The van der Waals surface area contributed by atoms with E-state index in [0.717, 1.165) is 15.7 Å². The number of halogens is 2. The topological polar surface area (TPSA) is 67.2 Å². The summed E-state index contributed by atoms with van der Waals surface area (Å²) in [6, 6.07) is 10.5. The number of benzene rings is 2. The third-order valence-corrected chi connectivity index (χ3v) is 6.10. The van der Waals surface area contributed by atoms with Crippen molar-refractivity contribution in [3.8, 4) is 5.69 Å². The van der Waals surface area contributed by atoms with Gasteiger partial charge in [0, 0.05) is 42.1 Å². The molecule has 1 unspecified atom stereocenters. The van der Waals surface area contributed by atoms with Crippen molar-refractivity contribution in [2.45, 2.75) is 19.9 Å². The summed E-state index contributed by atoms with van der Waals surface area (Å²) >= 11 is 3.45. The predicted molar refractivity (Wildman–Crippen MR) is 115 cm³/mol. The van der Waals surface area contributed by atoms with Gasteiger partial charge in [0.2, 0.25) is 11.8 Å². The fourth-order valence-electron chi connectivity index (χ4n) is 3.53. The third-order valence-electron chi connectivity index (χ3n) is 5.21. The molecule has 4 rings (SSSR count). The van der Waals surface area contributed by atoms with Crippen molar-refractivity contribution >= 4 is 33.4 Å². The number of carbonyl (C=O) groups excluding carboxylic acids is 2. The van der Waals surface area contributed by atoms with Crippen LogP contribution >= 0.6 is 15.9 Å². The molecule has 8 heteroatoms. The van der Waals surface area contributed by atoms with Crippen LogP contribution in [0.1, 0.15) is 17.5 Å². The number of hydrogen-bond donors (Lipinski definition) is 1. The SMILES string of the molecule is Cc1cc(N2CC(C(=O)NCc3ccc(-n4ccnc4)c(F)c3)CC2=O)ccc1Br. The van der Waals surface area contributed by atoms with Gasteiger partial charge in [0.15, 0.2) is 0 Å². The summed E-state index contributed by atoms with van der Waals surface area (Å²) < 4.78 is 16.9. The zero-order valence-electron chi connectivity index (χ0n) is 16.3. The predicted octanol–water partition coefficient (Wildman–Crippen LogP) is 3.75. The fourth-order valence-corrected chi connectivity index (χ4v) is 3.78. The molecular weight excluding hydrogens is 451 g/mol. The molecule has 1 aromatic heterocycles. The number of nitrogens with one attached hydrogen (secondary N) is 1. The maximum Gasteiger partial charge on any atom is 0.227 e. The second-order valence-corrected chi connectivity index (χ2v) is 8.17. The Morgan fingerprint density at radius 1 is 1.30 bits per heavy atom. The summed E-state index contributed by atoms with van der Waals surface area (Å²) in [6.07, 6.45) is 4.93. The zero-order valence-corrected chi connectivity index (χ0v) is 17.9. The van der Waals surface area contributed by atoms with Crippen LogP contribution in [0.3, 0.4) is 0 Å². The molecule has 2 heterocycles. The van der Waals surface area contributed by atoms with Crippen molar-refractivity contribution < 1.29 is 14.0 Å². The second-order valence-electron chi connectivity index (χ2n) is 7.31. The van der Waals surface area contributed by atoms with Crippen LogP contribution in [0.4, 0.5) is 10.1 Å². The van der Waals surface area contributed by atoms with Crippen LogP contribution < -0.4 is 10.2 Å². The molecule has 6 nitrogen and oxygen atoms in total. The molecule has 1 saturated heterocycles. The van der Waals surface area contributed by atoms with Gasteiger partial charge in [0.1, 0.15) is 5.82 Å². The van der Waals surface area contributed by atoms with Gasteiger partial charge >= 0.3 is 0 Å². The molecule has 1 atom stereocenters. The Kier molecular flexibility index (Phi) is 5.67. The van der Waals surface area contributed by atoms with Crippen LogP contribution in [0, 0.1) is 18.7 Å². The largest absolute Gasteiger partial charge is 0.352 e. The molecule has 0 aliphatic carbocycles. The van der Waals surface area contributed by atoms with Gasteiger partial charge in [-0.05, 0) is 48.4 Å². The van der Waals surface area contributed by atoms with Crippen molar-refractivity contribution in [2.24, 2.45) is 5.92 Å². The third kappa shape index (κ3) is 4.14. The Morgan fingerprint density at radius 3 is 2.83 bits per heavy atom. The molecule has 0 saturated carbocycles. The highest BCUT2D eigenvalue weighted by atomic mass is 79.9. The molecule has 0 bridgehead atoms. The fraction of sp³-hybridized carbons (Fsp3) is 0.227. The number of carbonyl (C=O) groups is 2. The van der Waals surface area contributed by atoms with E-state index in [1.165, 1.54) is 12.4 Å². The number of imidazole rings is 1. The first-order valence-corrected chi connectivity index (χ1v) is 10.3. The molecule has 30 heavy (non-hydrogen) atoms. The lowest BCUT2D eigenvalue weighted by Crippen LogP contribution is -2.32. The number of anilines is 1. The maximum atomic E-state index is 14.4. The van der Waals surface area contributed by atoms with E-state index in [4.69, 9.17) is 0 Å². The van der Waals surface area contributed by atoms with Gasteiger partial charge < -0.3 is 14.8 Å². The van der Waals surface area contributed by atoms with Crippen molar-refractivity contribution in [2.75, 3.05) is 11.4 Å². The van der Waals surface area contributed by atoms with Crippen LogP contribution in [-0.2, 0) is 16.1 Å². The Hall–Kier alpha value is -3.00. The average Bonchev–Trinajstić information content (AvgIpc) is 3.38. The van der Waals surface area contributed by atoms with E-state index in [2.05, 4.69) is 26.2 Å². The quantitative estimate of drug-likeness (QED) is 0.617. The molecule has 1 fully saturated rings. The van der Waals surface area contributed by atoms with Gasteiger partial charge in [0.05, 0.1) is 17.9 Å². The smallest absolute Gasteiger partial charge is 0.227 e. The zero-order chi connectivity index (χ0) is 21.3. The van der Waals surface area contributed by atoms with E-state index >= 15 is 0 Å². The van der Waals surface area contributed by atoms with Crippen LogP contribution in [-0.4, -0.2) is 27.9 Å². The summed E-state index contributed by atoms with van der Waals surface area (Å²) in [5, 5.41) is 2.82. The molecule has 1 aliphatic rings. The van der Waals surface area contributed by atoms with Crippen molar-refractivity contribution in [1.29, 1.82) is 0 Å². The highest BCUT2D eigenvalue weighted by molar-refractivity contribution is 9.10. The Bertz CT molecular complexity index is 1100. The van der Waals surface area contributed by atoms with Crippen molar-refractivity contribution in [3.63, 3.8) is 0 Å². The monoisotopic (exact) mass is 470 g/mol. The number of rotatable bonds is 5. The van der Waals surface area contributed by atoms with Gasteiger partial charge in [0.25, 0.3) is 0 Å². The van der Waals surface area contributed by atoms with E-state index in [1.54, 1.807) is 34.0 Å². The molecule has 154 valence electrons. The van der Waals surface area contributed by atoms with Crippen LogP contribution in [0.15, 0.2) is 59.6 Å². The number of nitrogens with zero attached hydrogens (tertiary/aromatic N) is 3. The van der Waals surface area contributed by atoms with Crippen molar-refractivity contribution in [1.82, 2.24) is 14.9 Å². The van der Waals surface area contributed by atoms with Crippen LogP contribution in [0.2, 0.25) is 0 Å². The summed E-state index contributed by atoms with van der Waals surface area (Å²) in [5.74, 6) is -1.12. The molecule has 0 spiro atoms. The summed E-state index contributed by atoms with van der Waals surface area (Å²) in [6.45, 7) is 2.48. The number of amides is 2. The first kappa shape index (κ1) is 20.3. The first-order valence-electron chi connectivity index (χ1n) is 9.53. The minimum Gasteiger partial charge on any atom is -0.352 e. The Morgan fingerprint density at radius 2 is 2.13 bits per heavy atom. The molecule has 2 aromatic carbocycles. The average molecular weight is 471 g/mol. The van der Waals surface area contributed by atoms with E-state index < -0.39 is 11.7 Å². The van der Waals surface area contributed by atoms with Crippen molar-refractivity contribution in [3.05, 3.63) is 76.5 Å². The minimum atomic E-state index is -0.434. The lowest BCUT2D eigenvalue weighted by atomic mass is 10.1.